The number of halogens is 1. The molecule has 0 unspecified atom stereocenters. The molecule has 1 aliphatic carbocycles. The van der Waals surface area contributed by atoms with E-state index in [2.05, 4.69) is 31.3 Å². The zero-order chi connectivity index (χ0) is 19.7. The zero-order valence-corrected chi connectivity index (χ0v) is 16.2. The minimum atomic E-state index is -0.324. The summed E-state index contributed by atoms with van der Waals surface area (Å²) < 4.78 is 15.1. The molecule has 144 valence electrons. The summed E-state index contributed by atoms with van der Waals surface area (Å²) in [6, 6.07) is 14.0. The van der Waals surface area contributed by atoms with Crippen molar-refractivity contribution in [3.05, 3.63) is 76.9 Å². The van der Waals surface area contributed by atoms with E-state index < -0.39 is 0 Å². The largest absolute Gasteiger partial charge is 0.322 e. The first-order valence-corrected chi connectivity index (χ1v) is 9.82. The van der Waals surface area contributed by atoms with Crippen LogP contribution in [0.25, 0.3) is 5.69 Å². The van der Waals surface area contributed by atoms with Gasteiger partial charge in [0.15, 0.2) is 0 Å². The Balaban J connectivity index is 1.78. The maximum Gasteiger partial charge on any atom is 0.259 e. The molecular weight excluding hydrogens is 353 g/mol. The van der Waals surface area contributed by atoms with Crippen LogP contribution in [0.15, 0.2) is 48.5 Å². The standard InChI is InChI=1S/C23H24FN3O/c1-3-5-20-21(23(28)25-18-12-10-17(24)11-13-18)22(16-8-9-16)26-27(20)19-7-4-6-15(2)14-19/h4,6-7,10-14,16H,3,5,8-9H2,1-2H3,(H,25,28). The lowest BCUT2D eigenvalue weighted by Crippen LogP contribution is -2.16. The minimum absolute atomic E-state index is 0.170. The summed E-state index contributed by atoms with van der Waals surface area (Å²) in [5.41, 5.74) is 5.21. The topological polar surface area (TPSA) is 46.9 Å². The Morgan fingerprint density at radius 3 is 2.61 bits per heavy atom. The number of carbonyl (C=O) groups excluding carboxylic acids is 1. The predicted molar refractivity (Wildman–Crippen MR) is 109 cm³/mol. The molecule has 1 N–H and O–H groups in total. The van der Waals surface area contributed by atoms with Crippen molar-refractivity contribution < 1.29 is 9.18 Å². The average Bonchev–Trinajstić information content (AvgIpc) is 3.45. The van der Waals surface area contributed by atoms with Gasteiger partial charge in [0.1, 0.15) is 5.82 Å². The highest BCUT2D eigenvalue weighted by atomic mass is 19.1. The van der Waals surface area contributed by atoms with Crippen LogP contribution in [-0.2, 0) is 6.42 Å². The Morgan fingerprint density at radius 2 is 1.96 bits per heavy atom. The number of nitrogens with one attached hydrogen (secondary N) is 1. The van der Waals surface area contributed by atoms with Crippen molar-refractivity contribution in [2.75, 3.05) is 5.32 Å². The van der Waals surface area contributed by atoms with Gasteiger partial charge in [-0.05, 0) is 68.1 Å². The third-order valence-corrected chi connectivity index (χ3v) is 5.03. The van der Waals surface area contributed by atoms with Gasteiger partial charge in [-0.25, -0.2) is 9.07 Å². The van der Waals surface area contributed by atoms with Crippen molar-refractivity contribution in [2.45, 2.75) is 45.4 Å². The van der Waals surface area contributed by atoms with E-state index in [0.717, 1.165) is 48.3 Å². The van der Waals surface area contributed by atoms with Crippen molar-refractivity contribution in [2.24, 2.45) is 0 Å². The van der Waals surface area contributed by atoms with Gasteiger partial charge in [-0.3, -0.25) is 4.79 Å². The molecule has 0 spiro atoms. The predicted octanol–water partition coefficient (Wildman–Crippen LogP) is 5.40. The third kappa shape index (κ3) is 3.70. The van der Waals surface area contributed by atoms with Crippen LogP contribution < -0.4 is 5.32 Å². The van der Waals surface area contributed by atoms with Crippen LogP contribution in [0.5, 0.6) is 0 Å². The summed E-state index contributed by atoms with van der Waals surface area (Å²) >= 11 is 0. The van der Waals surface area contributed by atoms with Crippen molar-refractivity contribution in [1.29, 1.82) is 0 Å². The minimum Gasteiger partial charge on any atom is -0.322 e. The summed E-state index contributed by atoms with van der Waals surface area (Å²) in [5.74, 6) is -0.151. The molecule has 0 atom stereocenters. The molecule has 1 heterocycles. The van der Waals surface area contributed by atoms with E-state index >= 15 is 0 Å². The van der Waals surface area contributed by atoms with E-state index in [1.54, 1.807) is 12.1 Å². The molecule has 4 rings (SSSR count). The van der Waals surface area contributed by atoms with Crippen molar-refractivity contribution >= 4 is 11.6 Å². The van der Waals surface area contributed by atoms with Crippen molar-refractivity contribution in [3.63, 3.8) is 0 Å². The molecule has 0 bridgehead atoms. The molecule has 0 saturated heterocycles. The third-order valence-electron chi connectivity index (χ3n) is 5.03. The molecule has 1 saturated carbocycles. The van der Waals surface area contributed by atoms with Crippen LogP contribution in [0.3, 0.4) is 0 Å². The first-order valence-electron chi connectivity index (χ1n) is 9.82. The summed E-state index contributed by atoms with van der Waals surface area (Å²) in [4.78, 5) is 13.2. The van der Waals surface area contributed by atoms with Gasteiger partial charge in [0.25, 0.3) is 5.91 Å². The fourth-order valence-electron chi connectivity index (χ4n) is 3.53. The highest BCUT2D eigenvalue weighted by Gasteiger charge is 2.34. The highest BCUT2D eigenvalue weighted by Crippen LogP contribution is 2.42. The van der Waals surface area contributed by atoms with Gasteiger partial charge >= 0.3 is 0 Å². The fraction of sp³-hybridized carbons (Fsp3) is 0.304. The zero-order valence-electron chi connectivity index (χ0n) is 16.2. The summed E-state index contributed by atoms with van der Waals surface area (Å²) in [5, 5.41) is 7.80. The quantitative estimate of drug-likeness (QED) is 0.625. The second-order valence-corrected chi connectivity index (χ2v) is 7.44. The SMILES string of the molecule is CCCc1c(C(=O)Nc2ccc(F)cc2)c(C2CC2)nn1-c1cccc(C)c1. The Kier molecular flexibility index (Phi) is 4.99. The maximum atomic E-state index is 13.2. The number of hydrogen-bond acceptors (Lipinski definition) is 2. The van der Waals surface area contributed by atoms with Gasteiger partial charge in [0.05, 0.1) is 22.6 Å². The smallest absolute Gasteiger partial charge is 0.259 e. The monoisotopic (exact) mass is 377 g/mol. The molecule has 4 nitrogen and oxygen atoms in total. The first-order chi connectivity index (χ1) is 13.6. The fourth-order valence-corrected chi connectivity index (χ4v) is 3.53. The Morgan fingerprint density at radius 1 is 1.21 bits per heavy atom. The maximum absolute atomic E-state index is 13.2. The van der Waals surface area contributed by atoms with Gasteiger partial charge in [-0.15, -0.1) is 0 Å². The van der Waals surface area contributed by atoms with Crippen molar-refractivity contribution in [3.8, 4) is 5.69 Å². The molecule has 28 heavy (non-hydrogen) atoms. The molecule has 0 radical (unpaired) electrons. The lowest BCUT2D eigenvalue weighted by molar-refractivity contribution is 0.102. The number of benzene rings is 2. The number of rotatable bonds is 6. The van der Waals surface area contributed by atoms with E-state index in [1.165, 1.54) is 12.1 Å². The summed E-state index contributed by atoms with van der Waals surface area (Å²) in [7, 11) is 0. The lowest BCUT2D eigenvalue weighted by atomic mass is 10.1. The number of carbonyl (C=O) groups is 1. The van der Waals surface area contributed by atoms with Crippen LogP contribution in [-0.4, -0.2) is 15.7 Å². The van der Waals surface area contributed by atoms with Gasteiger partial charge in [-0.1, -0.05) is 25.5 Å². The summed E-state index contributed by atoms with van der Waals surface area (Å²) in [6.07, 6.45) is 3.80. The first kappa shape index (κ1) is 18.4. The molecule has 3 aromatic rings. The van der Waals surface area contributed by atoms with Crippen LogP contribution in [0.1, 0.15) is 59.4 Å². The van der Waals surface area contributed by atoms with E-state index in [1.807, 2.05) is 16.8 Å². The Bertz CT molecular complexity index is 1000. The van der Waals surface area contributed by atoms with E-state index in [9.17, 15) is 9.18 Å². The highest BCUT2D eigenvalue weighted by molar-refractivity contribution is 6.06. The number of hydrogen-bond donors (Lipinski definition) is 1. The van der Waals surface area contributed by atoms with E-state index in [4.69, 9.17) is 5.10 Å². The second-order valence-electron chi connectivity index (χ2n) is 7.44. The normalized spacial score (nSPS) is 13.5. The number of aromatic nitrogens is 2. The van der Waals surface area contributed by atoms with Crippen molar-refractivity contribution in [1.82, 2.24) is 9.78 Å². The van der Waals surface area contributed by atoms with E-state index in [-0.39, 0.29) is 11.7 Å². The summed E-state index contributed by atoms with van der Waals surface area (Å²) in [6.45, 7) is 4.16. The average molecular weight is 377 g/mol. The molecule has 1 aliphatic rings. The van der Waals surface area contributed by atoms with Gasteiger partial charge in [0.2, 0.25) is 0 Å². The second kappa shape index (κ2) is 7.58. The molecule has 0 aliphatic heterocycles. The Labute approximate surface area is 164 Å². The number of aryl methyl sites for hydroxylation is 1. The van der Waals surface area contributed by atoms with Gasteiger partial charge in [0, 0.05) is 11.6 Å². The molecule has 5 heteroatoms. The van der Waals surface area contributed by atoms with Crippen LogP contribution in [0, 0.1) is 12.7 Å². The lowest BCUT2D eigenvalue weighted by Gasteiger charge is -2.10. The molecule has 1 amide bonds. The Hall–Kier alpha value is -2.95. The van der Waals surface area contributed by atoms with Gasteiger partial charge < -0.3 is 5.32 Å². The number of anilines is 1. The number of amides is 1. The van der Waals surface area contributed by atoms with Crippen LogP contribution >= 0.6 is 0 Å². The number of nitrogens with zero attached hydrogens (tertiary/aromatic N) is 2. The van der Waals surface area contributed by atoms with Crippen LogP contribution in [0.4, 0.5) is 10.1 Å². The molecular formula is C23H24FN3O. The molecule has 1 fully saturated rings. The molecule has 1 aromatic heterocycles. The van der Waals surface area contributed by atoms with Crippen LogP contribution in [0.2, 0.25) is 0 Å². The molecule has 2 aromatic carbocycles. The van der Waals surface area contributed by atoms with Gasteiger partial charge in [-0.2, -0.15) is 5.10 Å². The van der Waals surface area contributed by atoms with E-state index in [0.29, 0.717) is 17.2 Å².